The smallest absolute Gasteiger partial charge is 0.354 e. The summed E-state index contributed by atoms with van der Waals surface area (Å²) in [7, 11) is 0. The summed E-state index contributed by atoms with van der Waals surface area (Å²) in [6.07, 6.45) is 0. The highest BCUT2D eigenvalue weighted by molar-refractivity contribution is 5.87. The van der Waals surface area contributed by atoms with Gasteiger partial charge >= 0.3 is 5.97 Å². The van der Waals surface area contributed by atoms with E-state index in [4.69, 9.17) is 10.8 Å². The zero-order valence-corrected chi connectivity index (χ0v) is 9.52. The van der Waals surface area contributed by atoms with E-state index >= 15 is 0 Å². The van der Waals surface area contributed by atoms with E-state index in [1.165, 1.54) is 12.1 Å². The lowest BCUT2D eigenvalue weighted by Gasteiger charge is -2.09. The first kappa shape index (κ1) is 12.7. The summed E-state index contributed by atoms with van der Waals surface area (Å²) < 4.78 is 26.0. The van der Waals surface area contributed by atoms with Crippen LogP contribution in [0.3, 0.4) is 0 Å². The number of carboxylic acids is 1. The average Bonchev–Trinajstić information content (AvgIpc) is 2.30. The summed E-state index contributed by atoms with van der Waals surface area (Å²) in [5, 5.41) is 11.4. The van der Waals surface area contributed by atoms with Gasteiger partial charge in [0.2, 0.25) is 0 Å². The Kier molecular flexibility index (Phi) is 3.28. The van der Waals surface area contributed by atoms with Gasteiger partial charge in [-0.2, -0.15) is 0 Å². The van der Waals surface area contributed by atoms with Crippen LogP contribution < -0.4 is 11.1 Å². The van der Waals surface area contributed by atoms with E-state index in [0.717, 1.165) is 18.2 Å². The van der Waals surface area contributed by atoms with Gasteiger partial charge in [-0.15, -0.1) is 0 Å². The van der Waals surface area contributed by atoms with E-state index in [-0.39, 0.29) is 22.9 Å². The summed E-state index contributed by atoms with van der Waals surface area (Å²) in [6.45, 7) is 0. The number of hydrogen-bond acceptors (Lipinski definition) is 4. The summed E-state index contributed by atoms with van der Waals surface area (Å²) in [4.78, 5) is 14.5. The largest absolute Gasteiger partial charge is 0.477 e. The molecule has 0 amide bonds. The van der Waals surface area contributed by atoms with Gasteiger partial charge in [-0.1, -0.05) is 0 Å². The Balaban J connectivity index is 2.37. The second-order valence-corrected chi connectivity index (χ2v) is 3.72. The third-order valence-corrected chi connectivity index (χ3v) is 2.27. The first-order chi connectivity index (χ1) is 8.95. The number of halogens is 2. The van der Waals surface area contributed by atoms with Crippen molar-refractivity contribution in [1.82, 2.24) is 4.98 Å². The SMILES string of the molecule is Nc1ccc(C(=O)O)nc1Nc1cc(F)cc(F)c1. The molecule has 1 aromatic carbocycles. The van der Waals surface area contributed by atoms with Crippen LogP contribution in [0, 0.1) is 11.6 Å². The third kappa shape index (κ3) is 2.95. The number of nitrogens with one attached hydrogen (secondary N) is 1. The molecule has 2 aromatic rings. The third-order valence-electron chi connectivity index (χ3n) is 2.27. The van der Waals surface area contributed by atoms with Gasteiger partial charge < -0.3 is 16.2 Å². The number of pyridine rings is 1. The molecule has 1 aromatic heterocycles. The monoisotopic (exact) mass is 265 g/mol. The molecule has 1 heterocycles. The van der Waals surface area contributed by atoms with Crippen LogP contribution in [0.15, 0.2) is 30.3 Å². The van der Waals surface area contributed by atoms with E-state index in [0.29, 0.717) is 0 Å². The molecule has 0 fully saturated rings. The van der Waals surface area contributed by atoms with Crippen molar-refractivity contribution in [3.8, 4) is 0 Å². The molecule has 7 heteroatoms. The maximum Gasteiger partial charge on any atom is 0.354 e. The Bertz CT molecular complexity index is 627. The van der Waals surface area contributed by atoms with Crippen molar-refractivity contribution < 1.29 is 18.7 Å². The number of aromatic carboxylic acids is 1. The Morgan fingerprint density at radius 3 is 2.42 bits per heavy atom. The number of aromatic nitrogens is 1. The number of hydrogen-bond donors (Lipinski definition) is 3. The highest BCUT2D eigenvalue weighted by Crippen LogP contribution is 2.22. The normalized spacial score (nSPS) is 10.2. The molecular weight excluding hydrogens is 256 g/mol. The molecule has 19 heavy (non-hydrogen) atoms. The fraction of sp³-hybridized carbons (Fsp3) is 0. The lowest BCUT2D eigenvalue weighted by Crippen LogP contribution is -2.06. The van der Waals surface area contributed by atoms with Crippen LogP contribution in [0.2, 0.25) is 0 Å². The zero-order valence-electron chi connectivity index (χ0n) is 9.52. The molecular formula is C12H9F2N3O2. The van der Waals surface area contributed by atoms with E-state index in [1.807, 2.05) is 0 Å². The Morgan fingerprint density at radius 2 is 1.84 bits per heavy atom. The number of carboxylic acid groups (broad SMARTS) is 1. The van der Waals surface area contributed by atoms with Crippen molar-refractivity contribution in [3.63, 3.8) is 0 Å². The van der Waals surface area contributed by atoms with Crippen LogP contribution >= 0.6 is 0 Å². The molecule has 0 saturated heterocycles. The summed E-state index contributed by atoms with van der Waals surface area (Å²) in [5.74, 6) is -2.75. The van der Waals surface area contributed by atoms with Gasteiger partial charge in [0.05, 0.1) is 5.69 Å². The zero-order chi connectivity index (χ0) is 14.0. The van der Waals surface area contributed by atoms with Crippen LogP contribution in [0.5, 0.6) is 0 Å². The lowest BCUT2D eigenvalue weighted by molar-refractivity contribution is 0.0690. The van der Waals surface area contributed by atoms with Crippen LogP contribution in [-0.4, -0.2) is 16.1 Å². The average molecular weight is 265 g/mol. The molecule has 0 aliphatic rings. The molecule has 2 rings (SSSR count). The number of rotatable bonds is 3. The molecule has 0 bridgehead atoms. The van der Waals surface area contributed by atoms with Gasteiger partial charge in [0, 0.05) is 11.8 Å². The Hall–Kier alpha value is -2.70. The number of nitrogens with two attached hydrogens (primary N) is 1. The second kappa shape index (κ2) is 4.89. The van der Waals surface area contributed by atoms with Gasteiger partial charge in [-0.25, -0.2) is 18.6 Å². The van der Waals surface area contributed by atoms with Crippen LogP contribution in [0.4, 0.5) is 26.0 Å². The molecule has 0 spiro atoms. The van der Waals surface area contributed by atoms with E-state index < -0.39 is 17.6 Å². The summed E-state index contributed by atoms with van der Waals surface area (Å²) in [5.41, 5.74) is 5.62. The van der Waals surface area contributed by atoms with Crippen LogP contribution in [0.1, 0.15) is 10.5 Å². The highest BCUT2D eigenvalue weighted by atomic mass is 19.1. The van der Waals surface area contributed by atoms with Crippen molar-refractivity contribution in [2.45, 2.75) is 0 Å². The molecule has 5 nitrogen and oxygen atoms in total. The highest BCUT2D eigenvalue weighted by Gasteiger charge is 2.09. The molecule has 98 valence electrons. The minimum atomic E-state index is -1.23. The van der Waals surface area contributed by atoms with Gasteiger partial charge in [0.1, 0.15) is 11.6 Å². The van der Waals surface area contributed by atoms with Crippen LogP contribution in [-0.2, 0) is 0 Å². The Labute approximate surface area is 106 Å². The minimum Gasteiger partial charge on any atom is -0.477 e. The summed E-state index contributed by atoms with van der Waals surface area (Å²) in [6, 6.07) is 5.37. The summed E-state index contributed by atoms with van der Waals surface area (Å²) >= 11 is 0. The van der Waals surface area contributed by atoms with Gasteiger partial charge in [0.25, 0.3) is 0 Å². The van der Waals surface area contributed by atoms with E-state index in [1.54, 1.807) is 0 Å². The number of nitrogen functional groups attached to an aromatic ring is 1. The molecule has 0 unspecified atom stereocenters. The fourth-order valence-electron chi connectivity index (χ4n) is 1.45. The van der Waals surface area contributed by atoms with Crippen LogP contribution in [0.25, 0.3) is 0 Å². The van der Waals surface area contributed by atoms with Crippen molar-refractivity contribution in [2.24, 2.45) is 0 Å². The number of benzene rings is 1. The van der Waals surface area contributed by atoms with Gasteiger partial charge in [-0.3, -0.25) is 0 Å². The fourth-order valence-corrected chi connectivity index (χ4v) is 1.45. The second-order valence-electron chi connectivity index (χ2n) is 3.72. The minimum absolute atomic E-state index is 0.0184. The van der Waals surface area contributed by atoms with Crippen molar-refractivity contribution in [1.29, 1.82) is 0 Å². The van der Waals surface area contributed by atoms with Crippen molar-refractivity contribution >= 4 is 23.2 Å². The molecule has 0 radical (unpaired) electrons. The molecule has 0 atom stereocenters. The van der Waals surface area contributed by atoms with Gasteiger partial charge in [0.15, 0.2) is 11.5 Å². The standard InChI is InChI=1S/C12H9F2N3O2/c13-6-3-7(14)5-8(4-6)16-11-9(15)1-2-10(17-11)12(18)19/h1-5H,15H2,(H,16,17)(H,18,19). The number of anilines is 3. The predicted octanol–water partition coefficient (Wildman–Crippen LogP) is 2.38. The molecule has 0 aliphatic carbocycles. The first-order valence-electron chi connectivity index (χ1n) is 5.18. The Morgan fingerprint density at radius 1 is 1.21 bits per heavy atom. The molecule has 0 aliphatic heterocycles. The molecule has 0 saturated carbocycles. The first-order valence-corrected chi connectivity index (χ1v) is 5.18. The van der Waals surface area contributed by atoms with Gasteiger partial charge in [-0.05, 0) is 24.3 Å². The quantitative estimate of drug-likeness (QED) is 0.793. The lowest BCUT2D eigenvalue weighted by atomic mass is 10.2. The van der Waals surface area contributed by atoms with Crippen molar-refractivity contribution in [3.05, 3.63) is 47.7 Å². The molecule has 4 N–H and O–H groups in total. The predicted molar refractivity (Wildman–Crippen MR) is 65.2 cm³/mol. The maximum atomic E-state index is 13.0. The maximum absolute atomic E-state index is 13.0. The number of carbonyl (C=O) groups is 1. The van der Waals surface area contributed by atoms with E-state index in [9.17, 15) is 13.6 Å². The number of nitrogens with zero attached hydrogens (tertiary/aromatic N) is 1. The topological polar surface area (TPSA) is 88.2 Å². The van der Waals surface area contributed by atoms with Crippen molar-refractivity contribution in [2.75, 3.05) is 11.1 Å². The van der Waals surface area contributed by atoms with E-state index in [2.05, 4.69) is 10.3 Å².